The number of ether oxygens (including phenoxy) is 3. The quantitative estimate of drug-likeness (QED) is 0.254. The number of nitrogens with zero attached hydrogens (tertiary/aromatic N) is 3. The van der Waals surface area contributed by atoms with E-state index in [1.54, 1.807) is 12.4 Å². The van der Waals surface area contributed by atoms with Crippen LogP contribution in [0.1, 0.15) is 71.2 Å². The number of piperidine rings is 1. The standard InChI is InChI=1S/C33H43N3O5/c1-7-33(6)15-17-36(18-16-33)29-26(22-34-23(2)28(29)30(31(37)38)41-32(3,4)5)27-14-13-25(21-35-27)40-20-19-39-24-11-9-8-10-12-24/h8-14,21-22,30H,7,15-20H2,1-6H3,(H,37,38)/t30-/m0/s1. The number of aryl methyl sites for hydroxylation is 1. The third-order valence-electron chi connectivity index (χ3n) is 7.76. The van der Waals surface area contributed by atoms with Gasteiger partial charge in [0.25, 0.3) is 0 Å². The molecule has 1 aliphatic rings. The molecule has 0 unspecified atom stereocenters. The number of pyridine rings is 2. The van der Waals surface area contributed by atoms with Crippen LogP contribution in [0.25, 0.3) is 11.3 Å². The van der Waals surface area contributed by atoms with Crippen LogP contribution in [-0.4, -0.2) is 52.9 Å². The van der Waals surface area contributed by atoms with Gasteiger partial charge >= 0.3 is 5.97 Å². The first-order valence-electron chi connectivity index (χ1n) is 14.4. The zero-order chi connectivity index (χ0) is 29.6. The van der Waals surface area contributed by atoms with Crippen molar-refractivity contribution in [2.24, 2.45) is 5.41 Å². The Morgan fingerprint density at radius 1 is 1.00 bits per heavy atom. The zero-order valence-electron chi connectivity index (χ0n) is 25.1. The molecule has 0 bridgehead atoms. The van der Waals surface area contributed by atoms with Crippen molar-refractivity contribution in [2.45, 2.75) is 72.5 Å². The number of carbonyl (C=O) groups is 1. The summed E-state index contributed by atoms with van der Waals surface area (Å²) < 4.78 is 17.7. The molecule has 2 aromatic heterocycles. The minimum Gasteiger partial charge on any atom is -0.490 e. The van der Waals surface area contributed by atoms with Gasteiger partial charge in [-0.2, -0.15) is 0 Å². The van der Waals surface area contributed by atoms with Gasteiger partial charge < -0.3 is 24.2 Å². The van der Waals surface area contributed by atoms with Crippen LogP contribution in [-0.2, 0) is 9.53 Å². The van der Waals surface area contributed by atoms with Gasteiger partial charge in [0.05, 0.1) is 23.2 Å². The molecule has 1 fully saturated rings. The normalized spacial score (nSPS) is 15.8. The molecule has 3 aromatic rings. The van der Waals surface area contributed by atoms with Crippen LogP contribution < -0.4 is 14.4 Å². The third kappa shape index (κ3) is 7.76. The van der Waals surface area contributed by atoms with Crippen molar-refractivity contribution in [1.82, 2.24) is 9.97 Å². The molecule has 0 amide bonds. The lowest BCUT2D eigenvalue weighted by Crippen LogP contribution is -2.40. The van der Waals surface area contributed by atoms with E-state index < -0.39 is 17.7 Å². The summed E-state index contributed by atoms with van der Waals surface area (Å²) in [6.45, 7) is 14.5. The maximum atomic E-state index is 12.6. The second-order valence-electron chi connectivity index (χ2n) is 12.0. The van der Waals surface area contributed by atoms with Crippen molar-refractivity contribution < 1.29 is 24.1 Å². The van der Waals surface area contributed by atoms with Gasteiger partial charge in [-0.25, -0.2) is 4.79 Å². The van der Waals surface area contributed by atoms with E-state index in [0.29, 0.717) is 35.9 Å². The van der Waals surface area contributed by atoms with Gasteiger partial charge in [0.15, 0.2) is 6.10 Å². The molecule has 1 aromatic carbocycles. The molecule has 1 atom stereocenters. The van der Waals surface area contributed by atoms with E-state index in [1.807, 2.05) is 70.2 Å². The number of aromatic nitrogens is 2. The van der Waals surface area contributed by atoms with Crippen LogP contribution in [0, 0.1) is 12.3 Å². The van der Waals surface area contributed by atoms with Crippen molar-refractivity contribution >= 4 is 11.7 Å². The first-order valence-corrected chi connectivity index (χ1v) is 14.4. The minimum atomic E-state index is -1.16. The Kier molecular flexibility index (Phi) is 9.53. The number of anilines is 1. The topological polar surface area (TPSA) is 94.0 Å². The van der Waals surface area contributed by atoms with E-state index in [0.717, 1.165) is 49.4 Å². The SMILES string of the molecule is CCC1(C)CCN(c2c(-c3ccc(OCCOc4ccccc4)cn3)cnc(C)c2[C@H](OC(C)(C)C)C(=O)O)CC1. The summed E-state index contributed by atoms with van der Waals surface area (Å²) >= 11 is 0. The molecular weight excluding hydrogens is 518 g/mol. The van der Waals surface area contributed by atoms with Crippen LogP contribution in [0.4, 0.5) is 5.69 Å². The van der Waals surface area contributed by atoms with Crippen LogP contribution in [0.5, 0.6) is 11.5 Å². The Bertz CT molecular complexity index is 1300. The van der Waals surface area contributed by atoms with Crippen molar-refractivity contribution in [2.75, 3.05) is 31.2 Å². The molecular formula is C33H43N3O5. The van der Waals surface area contributed by atoms with Crippen LogP contribution in [0.2, 0.25) is 0 Å². The number of benzene rings is 1. The second kappa shape index (κ2) is 12.9. The number of para-hydroxylation sites is 1. The lowest BCUT2D eigenvalue weighted by atomic mass is 9.78. The monoisotopic (exact) mass is 561 g/mol. The maximum absolute atomic E-state index is 12.6. The number of rotatable bonds is 11. The summed E-state index contributed by atoms with van der Waals surface area (Å²) in [5, 5.41) is 10.3. The maximum Gasteiger partial charge on any atom is 0.337 e. The average molecular weight is 562 g/mol. The number of hydrogen-bond donors (Lipinski definition) is 1. The first kappa shape index (κ1) is 30.3. The highest BCUT2D eigenvalue weighted by atomic mass is 16.5. The fraction of sp³-hybridized carbons (Fsp3) is 0.485. The molecule has 1 N–H and O–H groups in total. The molecule has 0 saturated carbocycles. The molecule has 8 heteroatoms. The summed E-state index contributed by atoms with van der Waals surface area (Å²) in [7, 11) is 0. The highest BCUT2D eigenvalue weighted by Crippen LogP contribution is 2.44. The third-order valence-corrected chi connectivity index (χ3v) is 7.76. The predicted octanol–water partition coefficient (Wildman–Crippen LogP) is 6.87. The van der Waals surface area contributed by atoms with Crippen LogP contribution in [0.3, 0.4) is 0 Å². The Balaban J connectivity index is 1.64. The van der Waals surface area contributed by atoms with E-state index in [4.69, 9.17) is 19.2 Å². The number of aliphatic carboxylic acids is 1. The molecule has 0 aliphatic carbocycles. The van der Waals surface area contributed by atoms with E-state index in [1.165, 1.54) is 0 Å². The van der Waals surface area contributed by atoms with Gasteiger partial charge in [-0.1, -0.05) is 38.5 Å². The highest BCUT2D eigenvalue weighted by molar-refractivity contribution is 5.85. The van der Waals surface area contributed by atoms with Crippen molar-refractivity contribution in [3.05, 3.63) is 66.1 Å². The summed E-state index contributed by atoms with van der Waals surface area (Å²) in [6, 6.07) is 13.4. The van der Waals surface area contributed by atoms with E-state index >= 15 is 0 Å². The average Bonchev–Trinajstić information content (AvgIpc) is 2.95. The van der Waals surface area contributed by atoms with Gasteiger partial charge in [0.2, 0.25) is 0 Å². The molecule has 8 nitrogen and oxygen atoms in total. The van der Waals surface area contributed by atoms with E-state index in [9.17, 15) is 9.90 Å². The Morgan fingerprint density at radius 3 is 2.22 bits per heavy atom. The molecule has 0 spiro atoms. The van der Waals surface area contributed by atoms with Gasteiger partial charge in [-0.05, 0) is 70.2 Å². The largest absolute Gasteiger partial charge is 0.490 e. The van der Waals surface area contributed by atoms with Crippen molar-refractivity contribution in [1.29, 1.82) is 0 Å². The van der Waals surface area contributed by atoms with E-state index in [2.05, 4.69) is 23.7 Å². The van der Waals surface area contributed by atoms with Crippen LogP contribution in [0.15, 0.2) is 54.9 Å². The molecule has 3 heterocycles. The Morgan fingerprint density at radius 2 is 1.66 bits per heavy atom. The van der Waals surface area contributed by atoms with Crippen molar-refractivity contribution in [3.63, 3.8) is 0 Å². The Hall–Kier alpha value is -3.65. The lowest BCUT2D eigenvalue weighted by molar-refractivity contribution is -0.160. The lowest BCUT2D eigenvalue weighted by Gasteiger charge is -2.42. The van der Waals surface area contributed by atoms with Crippen molar-refractivity contribution in [3.8, 4) is 22.8 Å². The van der Waals surface area contributed by atoms with Crippen LogP contribution >= 0.6 is 0 Å². The fourth-order valence-corrected chi connectivity index (χ4v) is 5.12. The molecule has 0 radical (unpaired) electrons. The number of carboxylic acid groups (broad SMARTS) is 1. The Labute approximate surface area is 243 Å². The minimum absolute atomic E-state index is 0.272. The summed E-state index contributed by atoms with van der Waals surface area (Å²) in [5.41, 5.74) is 3.16. The first-order chi connectivity index (χ1) is 19.5. The van der Waals surface area contributed by atoms with Gasteiger partial charge in [-0.15, -0.1) is 0 Å². The molecule has 1 saturated heterocycles. The molecule has 220 valence electrons. The highest BCUT2D eigenvalue weighted by Gasteiger charge is 2.36. The van der Waals surface area contributed by atoms with Gasteiger partial charge in [0, 0.05) is 36.1 Å². The summed E-state index contributed by atoms with van der Waals surface area (Å²) in [5.74, 6) is 0.392. The number of hydrogen-bond acceptors (Lipinski definition) is 7. The predicted molar refractivity (Wildman–Crippen MR) is 161 cm³/mol. The zero-order valence-corrected chi connectivity index (χ0v) is 25.1. The fourth-order valence-electron chi connectivity index (χ4n) is 5.12. The van der Waals surface area contributed by atoms with Gasteiger partial charge in [0.1, 0.15) is 24.7 Å². The van der Waals surface area contributed by atoms with E-state index in [-0.39, 0.29) is 5.41 Å². The smallest absolute Gasteiger partial charge is 0.337 e. The summed E-state index contributed by atoms with van der Waals surface area (Å²) in [4.78, 5) is 24.3. The second-order valence-corrected chi connectivity index (χ2v) is 12.0. The molecule has 41 heavy (non-hydrogen) atoms. The number of carboxylic acids is 1. The molecule has 1 aliphatic heterocycles. The molecule has 4 rings (SSSR count). The summed E-state index contributed by atoms with van der Waals surface area (Å²) in [6.07, 6.45) is 5.48. The van der Waals surface area contributed by atoms with Gasteiger partial charge in [-0.3, -0.25) is 9.97 Å².